The Balaban J connectivity index is 1.24. The van der Waals surface area contributed by atoms with Crippen LogP contribution in [0.4, 0.5) is 0 Å². The minimum atomic E-state index is -0.393. The van der Waals surface area contributed by atoms with Crippen molar-refractivity contribution in [3.8, 4) is 17.2 Å². The number of carbonyl (C=O) groups excluding carboxylic acids is 1. The molecule has 0 fully saturated rings. The zero-order valence-electron chi connectivity index (χ0n) is 22.5. The Kier molecular flexibility index (Phi) is 9.14. The van der Waals surface area contributed by atoms with Gasteiger partial charge in [-0.2, -0.15) is 5.10 Å². The number of nitrogens with zero attached hydrogens (tertiary/aromatic N) is 1. The van der Waals surface area contributed by atoms with Gasteiger partial charge < -0.3 is 14.2 Å². The average molecular weight is 565 g/mol. The van der Waals surface area contributed by atoms with Gasteiger partial charge in [-0.15, -0.1) is 0 Å². The molecule has 0 spiro atoms. The van der Waals surface area contributed by atoms with Crippen molar-refractivity contribution in [3.63, 3.8) is 0 Å². The zero-order valence-corrected chi connectivity index (χ0v) is 23.3. The monoisotopic (exact) mass is 564 g/mol. The molecule has 1 amide bonds. The molecule has 6 nitrogen and oxygen atoms in total. The van der Waals surface area contributed by atoms with E-state index >= 15 is 0 Å². The molecule has 0 aromatic heterocycles. The highest BCUT2D eigenvalue weighted by Gasteiger charge is 2.13. The Morgan fingerprint density at radius 2 is 1.46 bits per heavy atom. The number of hydrazone groups is 1. The highest BCUT2D eigenvalue weighted by molar-refractivity contribution is 6.31. The van der Waals surface area contributed by atoms with Crippen LogP contribution in [0, 0.1) is 0 Å². The molecule has 0 atom stereocenters. The molecule has 0 saturated heterocycles. The molecular formula is C34H29ClN2O4. The Hall–Kier alpha value is -4.81. The molecule has 0 aliphatic rings. The van der Waals surface area contributed by atoms with Gasteiger partial charge >= 0.3 is 0 Å². The number of para-hydroxylation sites is 1. The van der Waals surface area contributed by atoms with E-state index in [1.165, 1.54) is 5.39 Å². The van der Waals surface area contributed by atoms with Crippen LogP contribution in [0.5, 0.6) is 17.2 Å². The topological polar surface area (TPSA) is 69.2 Å². The van der Waals surface area contributed by atoms with Crippen LogP contribution in [0.2, 0.25) is 5.02 Å². The summed E-state index contributed by atoms with van der Waals surface area (Å²) in [5.74, 6) is 1.27. The largest absolute Gasteiger partial charge is 0.490 e. The van der Waals surface area contributed by atoms with E-state index in [2.05, 4.69) is 34.8 Å². The minimum absolute atomic E-state index is 0.238. The van der Waals surface area contributed by atoms with Crippen molar-refractivity contribution in [2.24, 2.45) is 5.10 Å². The second kappa shape index (κ2) is 13.5. The molecule has 5 rings (SSSR count). The Labute approximate surface area is 244 Å². The van der Waals surface area contributed by atoms with Gasteiger partial charge in [0.15, 0.2) is 11.5 Å². The lowest BCUT2D eigenvalue weighted by atomic mass is 10.1. The lowest BCUT2D eigenvalue weighted by molar-refractivity contribution is 0.0950. The number of nitrogens with one attached hydrogen (secondary N) is 1. The van der Waals surface area contributed by atoms with E-state index in [1.54, 1.807) is 36.5 Å². The first kappa shape index (κ1) is 27.7. The standard InChI is InChI=1S/C34H29ClN2O4/c1-2-39-33-20-24(18-19-32(33)41-22-26-13-9-12-25-10-3-5-14-28(25)26)21-36-37-34(38)29-15-6-8-17-31(29)40-23-27-11-4-7-16-30(27)35/h3-21H,2,22-23H2,1H3,(H,37,38)/b36-21+. The Bertz CT molecular complexity index is 1680. The van der Waals surface area contributed by atoms with Crippen LogP contribution < -0.4 is 19.6 Å². The summed E-state index contributed by atoms with van der Waals surface area (Å²) in [5, 5.41) is 7.08. The van der Waals surface area contributed by atoms with Crippen LogP contribution in [0.25, 0.3) is 10.8 Å². The van der Waals surface area contributed by atoms with Gasteiger partial charge in [0.2, 0.25) is 0 Å². The van der Waals surface area contributed by atoms with E-state index in [4.69, 9.17) is 25.8 Å². The number of amides is 1. The fourth-order valence-electron chi connectivity index (χ4n) is 4.34. The van der Waals surface area contributed by atoms with Crippen molar-refractivity contribution in [1.29, 1.82) is 0 Å². The first-order chi connectivity index (χ1) is 20.1. The first-order valence-corrected chi connectivity index (χ1v) is 13.6. The van der Waals surface area contributed by atoms with E-state index in [1.807, 2.05) is 61.5 Å². The van der Waals surface area contributed by atoms with Crippen LogP contribution in [-0.2, 0) is 13.2 Å². The lowest BCUT2D eigenvalue weighted by Crippen LogP contribution is -2.18. The van der Waals surface area contributed by atoms with Gasteiger partial charge in [-0.3, -0.25) is 4.79 Å². The van der Waals surface area contributed by atoms with E-state index in [0.717, 1.165) is 22.1 Å². The molecule has 0 saturated carbocycles. The van der Waals surface area contributed by atoms with Crippen molar-refractivity contribution in [1.82, 2.24) is 5.43 Å². The summed E-state index contributed by atoms with van der Waals surface area (Å²) in [6.07, 6.45) is 1.56. The summed E-state index contributed by atoms with van der Waals surface area (Å²) >= 11 is 6.23. The number of ether oxygens (including phenoxy) is 3. The minimum Gasteiger partial charge on any atom is -0.490 e. The fourth-order valence-corrected chi connectivity index (χ4v) is 4.53. The van der Waals surface area contributed by atoms with Gasteiger partial charge in [-0.05, 0) is 65.2 Å². The molecule has 0 heterocycles. The van der Waals surface area contributed by atoms with Crippen molar-refractivity contribution in [2.75, 3.05) is 6.61 Å². The molecule has 1 N–H and O–H groups in total. The summed E-state index contributed by atoms with van der Waals surface area (Å²) in [6.45, 7) is 3.04. The first-order valence-electron chi connectivity index (χ1n) is 13.3. The molecule has 0 unspecified atom stereocenters. The number of hydrogen-bond donors (Lipinski definition) is 1. The van der Waals surface area contributed by atoms with Gasteiger partial charge in [-0.1, -0.05) is 84.4 Å². The third kappa shape index (κ3) is 7.04. The molecule has 0 aliphatic carbocycles. The predicted molar refractivity (Wildman–Crippen MR) is 163 cm³/mol. The van der Waals surface area contributed by atoms with Crippen molar-refractivity contribution < 1.29 is 19.0 Å². The quantitative estimate of drug-likeness (QED) is 0.131. The Morgan fingerprint density at radius 1 is 0.756 bits per heavy atom. The van der Waals surface area contributed by atoms with E-state index in [-0.39, 0.29) is 6.61 Å². The number of benzene rings is 5. The van der Waals surface area contributed by atoms with E-state index in [9.17, 15) is 4.79 Å². The number of halogens is 1. The van der Waals surface area contributed by atoms with E-state index in [0.29, 0.717) is 41.0 Å². The highest BCUT2D eigenvalue weighted by Crippen LogP contribution is 2.30. The summed E-state index contributed by atoms with van der Waals surface area (Å²) in [7, 11) is 0. The average Bonchev–Trinajstić information content (AvgIpc) is 3.00. The summed E-state index contributed by atoms with van der Waals surface area (Å²) < 4.78 is 17.9. The predicted octanol–water partition coefficient (Wildman–Crippen LogP) is 7.81. The molecule has 0 aliphatic heterocycles. The maximum Gasteiger partial charge on any atom is 0.275 e. The molecule has 0 bridgehead atoms. The molecule has 0 radical (unpaired) electrons. The van der Waals surface area contributed by atoms with Gasteiger partial charge in [0.05, 0.1) is 18.4 Å². The molecule has 5 aromatic carbocycles. The maximum absolute atomic E-state index is 12.9. The number of hydrogen-bond acceptors (Lipinski definition) is 5. The number of rotatable bonds is 11. The third-order valence-electron chi connectivity index (χ3n) is 6.38. The smallest absolute Gasteiger partial charge is 0.275 e. The second-order valence-electron chi connectivity index (χ2n) is 9.14. The number of fused-ring (bicyclic) bond motifs is 1. The van der Waals surface area contributed by atoms with E-state index < -0.39 is 5.91 Å². The second-order valence-corrected chi connectivity index (χ2v) is 9.55. The van der Waals surface area contributed by atoms with Gasteiger partial charge in [0, 0.05) is 10.6 Å². The van der Waals surface area contributed by atoms with Crippen molar-refractivity contribution in [2.45, 2.75) is 20.1 Å². The summed E-state index contributed by atoms with van der Waals surface area (Å²) in [5.41, 5.74) is 5.61. The third-order valence-corrected chi connectivity index (χ3v) is 6.75. The van der Waals surface area contributed by atoms with Gasteiger partial charge in [-0.25, -0.2) is 5.43 Å². The summed E-state index contributed by atoms with van der Waals surface area (Å²) in [6, 6.07) is 34.4. The van der Waals surface area contributed by atoms with Crippen LogP contribution in [0.15, 0.2) is 114 Å². The van der Waals surface area contributed by atoms with Gasteiger partial charge in [0.1, 0.15) is 19.0 Å². The zero-order chi connectivity index (χ0) is 28.4. The van der Waals surface area contributed by atoms with Crippen LogP contribution in [0.3, 0.4) is 0 Å². The number of carbonyl (C=O) groups is 1. The van der Waals surface area contributed by atoms with Crippen molar-refractivity contribution in [3.05, 3.63) is 136 Å². The normalized spacial score (nSPS) is 11.0. The van der Waals surface area contributed by atoms with Crippen LogP contribution >= 0.6 is 11.6 Å². The molecule has 5 aromatic rings. The molecular weight excluding hydrogens is 536 g/mol. The maximum atomic E-state index is 12.9. The van der Waals surface area contributed by atoms with Crippen LogP contribution in [-0.4, -0.2) is 18.7 Å². The molecule has 206 valence electrons. The molecule has 41 heavy (non-hydrogen) atoms. The van der Waals surface area contributed by atoms with Crippen LogP contribution in [0.1, 0.15) is 34.0 Å². The summed E-state index contributed by atoms with van der Waals surface area (Å²) in [4.78, 5) is 12.9. The van der Waals surface area contributed by atoms with Gasteiger partial charge in [0.25, 0.3) is 5.91 Å². The highest BCUT2D eigenvalue weighted by atomic mass is 35.5. The lowest BCUT2D eigenvalue weighted by Gasteiger charge is -2.14. The van der Waals surface area contributed by atoms with Crippen molar-refractivity contribution >= 4 is 34.5 Å². The molecule has 7 heteroatoms. The fraction of sp³-hybridized carbons (Fsp3) is 0.118. The Morgan fingerprint density at radius 3 is 2.34 bits per heavy atom. The SMILES string of the molecule is CCOc1cc(/C=N/NC(=O)c2ccccc2OCc2ccccc2Cl)ccc1OCc1cccc2ccccc12.